The van der Waals surface area contributed by atoms with Gasteiger partial charge in [-0.05, 0) is 24.3 Å². The van der Waals surface area contributed by atoms with Crippen molar-refractivity contribution < 1.29 is 29.4 Å². The Balaban J connectivity index is 0.000000141. The van der Waals surface area contributed by atoms with Gasteiger partial charge in [-0.1, -0.05) is 19.0 Å². The highest BCUT2D eigenvalue weighted by Crippen LogP contribution is 2.47. The Kier molecular flexibility index (Phi) is 5.55. The summed E-state index contributed by atoms with van der Waals surface area (Å²) < 4.78 is 3.63. The van der Waals surface area contributed by atoms with Crippen LogP contribution >= 0.6 is 11.6 Å². The van der Waals surface area contributed by atoms with Crippen LogP contribution in [0.25, 0.3) is 0 Å². The van der Waals surface area contributed by atoms with Gasteiger partial charge in [-0.25, -0.2) is 9.59 Å². The van der Waals surface area contributed by atoms with Crippen LogP contribution in [0.2, 0.25) is 5.15 Å². The first kappa shape index (κ1) is 26.5. The lowest BCUT2D eigenvalue weighted by atomic mass is 10.1. The molecule has 0 radical (unpaired) electrons. The lowest BCUT2D eigenvalue weighted by Crippen LogP contribution is -2.56. The fourth-order valence-corrected chi connectivity index (χ4v) is 7.49. The summed E-state index contributed by atoms with van der Waals surface area (Å²) in [6.45, 7) is 0. The molecule has 0 aromatic carbocycles. The summed E-state index contributed by atoms with van der Waals surface area (Å²) in [6.07, 6.45) is 2.57. The second-order valence-electron chi connectivity index (χ2n) is 11.0. The lowest BCUT2D eigenvalue weighted by Gasteiger charge is -2.32. The van der Waals surface area contributed by atoms with Gasteiger partial charge in [-0.3, -0.25) is 19.4 Å². The molecule has 6 amide bonds. The van der Waals surface area contributed by atoms with E-state index in [4.69, 9.17) is 11.6 Å². The number of amides is 6. The van der Waals surface area contributed by atoms with Crippen LogP contribution in [0.5, 0.6) is 0 Å². The molecule has 0 spiro atoms. The largest absolute Gasteiger partial charge is 0.368 e. The number of aromatic nitrogens is 2. The van der Waals surface area contributed by atoms with Gasteiger partial charge in [0, 0.05) is 33.1 Å². The molecule has 15 heteroatoms. The zero-order valence-electron chi connectivity index (χ0n) is 21.0. The first-order chi connectivity index (χ1) is 18.5. The van der Waals surface area contributed by atoms with Crippen LogP contribution in [0, 0.1) is 0 Å². The van der Waals surface area contributed by atoms with E-state index in [0.717, 1.165) is 0 Å². The minimum Gasteiger partial charge on any atom is -0.368 e. The van der Waals surface area contributed by atoms with Crippen molar-refractivity contribution in [2.24, 2.45) is 0 Å². The zero-order valence-corrected chi connectivity index (χ0v) is 21.7. The molecule has 40 heavy (non-hydrogen) atoms. The molecule has 6 aliphatic rings. The average molecular weight is 575 g/mol. The van der Waals surface area contributed by atoms with Crippen molar-refractivity contribution >= 4 is 35.5 Å². The molecule has 4 fully saturated rings. The number of carbonyl (C=O) groups is 4. The van der Waals surface area contributed by atoms with Gasteiger partial charge in [0.05, 0.1) is 24.2 Å². The second-order valence-corrected chi connectivity index (χ2v) is 11.4. The van der Waals surface area contributed by atoms with Crippen molar-refractivity contribution in [3.63, 3.8) is 0 Å². The molecule has 14 nitrogen and oxygen atoms in total. The molecule has 0 bridgehead atoms. The maximum Gasteiger partial charge on any atom is 0.319 e. The molecule has 2 saturated heterocycles. The van der Waals surface area contributed by atoms with Crippen LogP contribution < -0.4 is 21.3 Å². The number of likely N-dealkylation sites (N-methyl/N-ethyl adjacent to an activating group) is 2. The molecule has 214 valence electrons. The van der Waals surface area contributed by atoms with E-state index in [0.29, 0.717) is 29.4 Å². The van der Waals surface area contributed by atoms with E-state index in [1.54, 1.807) is 36.9 Å². The number of rotatable bonds is 0. The lowest BCUT2D eigenvalue weighted by molar-refractivity contribution is -0.0566. The number of urea groups is 2. The van der Waals surface area contributed by atoms with E-state index in [-0.39, 0.29) is 55.5 Å². The van der Waals surface area contributed by atoms with Gasteiger partial charge in [0.15, 0.2) is 11.4 Å². The molecule has 8 rings (SSSR count). The van der Waals surface area contributed by atoms with E-state index in [1.807, 2.05) is 16.8 Å². The summed E-state index contributed by atoms with van der Waals surface area (Å²) in [4.78, 5) is 50.1. The Morgan fingerprint density at radius 2 is 1.32 bits per heavy atom. The number of halogens is 1. The number of fused-ring (bicyclic) bond motifs is 10. The predicted octanol–water partition coefficient (Wildman–Crippen LogP) is -0.196. The third-order valence-electron chi connectivity index (χ3n) is 9.29. The summed E-state index contributed by atoms with van der Waals surface area (Å²) in [5.41, 5.74) is -1.48. The van der Waals surface area contributed by atoms with Gasteiger partial charge < -0.3 is 40.6 Å². The molecule has 8 atom stereocenters. The average Bonchev–Trinajstić information content (AvgIpc) is 3.70. The van der Waals surface area contributed by atoms with E-state index >= 15 is 0 Å². The molecule has 2 aromatic heterocycles. The van der Waals surface area contributed by atoms with Gasteiger partial charge in [-0.2, -0.15) is 0 Å². The normalized spacial score (nSPS) is 37.8. The Bertz CT molecular complexity index is 1460. The second kappa shape index (κ2) is 8.38. The summed E-state index contributed by atoms with van der Waals surface area (Å²) in [7, 11) is 3.12. The summed E-state index contributed by atoms with van der Waals surface area (Å²) in [5, 5.41) is 33.2. The van der Waals surface area contributed by atoms with Gasteiger partial charge in [0.2, 0.25) is 0 Å². The van der Waals surface area contributed by atoms with Crippen LogP contribution in [0.3, 0.4) is 0 Å². The van der Waals surface area contributed by atoms with Crippen molar-refractivity contribution in [1.82, 2.24) is 40.2 Å². The summed E-state index contributed by atoms with van der Waals surface area (Å²) in [5.74, 6) is -0.412. The Morgan fingerprint density at radius 1 is 0.800 bits per heavy atom. The Morgan fingerprint density at radius 3 is 1.93 bits per heavy atom. The fourth-order valence-electron chi connectivity index (χ4n) is 7.21. The quantitative estimate of drug-likeness (QED) is 0.254. The molecule has 2 aliphatic carbocycles. The van der Waals surface area contributed by atoms with Crippen molar-refractivity contribution in [2.45, 2.75) is 68.0 Å². The SMILES string of the molecule is C.CN1C(=O)N[C@H]2[C@@H]3NC(=O)c4ccc(Cl)n4[C@@H]3C[C@]21O.CN1C(=O)N[C@H]2[C@@H]3NC(=O)c4cccn4[C@@H]3C[C@]21O. The fraction of sp³-hybridized carbons (Fsp3) is 0.520. The maximum atomic E-state index is 12.1. The minimum absolute atomic E-state index is 0. The van der Waals surface area contributed by atoms with Crippen molar-refractivity contribution in [3.05, 3.63) is 47.0 Å². The van der Waals surface area contributed by atoms with Crippen molar-refractivity contribution in [2.75, 3.05) is 14.1 Å². The molecule has 4 aliphatic heterocycles. The first-order valence-electron chi connectivity index (χ1n) is 12.6. The number of hydrogen-bond donors (Lipinski definition) is 6. The highest BCUT2D eigenvalue weighted by Gasteiger charge is 2.64. The third kappa shape index (κ3) is 3.17. The molecule has 2 saturated carbocycles. The van der Waals surface area contributed by atoms with Gasteiger partial charge in [0.1, 0.15) is 28.6 Å². The Hall–Kier alpha value is -3.75. The number of nitrogens with zero attached hydrogens (tertiary/aromatic N) is 4. The van der Waals surface area contributed by atoms with Gasteiger partial charge in [-0.15, -0.1) is 0 Å². The first-order valence-corrected chi connectivity index (χ1v) is 13.0. The van der Waals surface area contributed by atoms with Crippen LogP contribution in [0.1, 0.15) is 53.3 Å². The minimum atomic E-state index is -1.31. The molecule has 6 N–H and O–H groups in total. The molecule has 0 unspecified atom stereocenters. The van der Waals surface area contributed by atoms with E-state index in [2.05, 4.69) is 21.3 Å². The molecule has 6 heterocycles. The molecule has 2 aromatic rings. The van der Waals surface area contributed by atoms with Crippen LogP contribution in [-0.4, -0.2) is 103 Å². The standard InChI is InChI=1S/C12H13ClN4O3.C12H14N4O3.CH4/c1-16-11(19)15-9-8-6(4-12(9,16)20)17-5(10(18)14-8)2-3-7(17)13;1-15-11(18)14-9-8-7(5-12(9,15)19)16-4-2-3-6(16)10(17)13-8;/h2-3,6,8-9,20H,4H2,1H3,(H,14,18)(H,15,19);2-4,7-9,19H,5H2,1H3,(H,13,17)(H,14,18);1H4/t6-,8-,9+,12+;7-,8-,9+,12+;/m11./s1. The number of nitrogens with one attached hydrogen (secondary N) is 4. The van der Waals surface area contributed by atoms with Crippen molar-refractivity contribution in [1.29, 1.82) is 0 Å². The van der Waals surface area contributed by atoms with Gasteiger partial charge in [0.25, 0.3) is 11.8 Å². The zero-order chi connectivity index (χ0) is 27.6. The third-order valence-corrected chi connectivity index (χ3v) is 9.60. The number of aliphatic hydroxyl groups is 2. The number of hydrogen-bond acceptors (Lipinski definition) is 6. The Labute approximate surface area is 234 Å². The summed E-state index contributed by atoms with van der Waals surface area (Å²) >= 11 is 6.16. The van der Waals surface area contributed by atoms with Crippen LogP contribution in [0.4, 0.5) is 9.59 Å². The number of carbonyl (C=O) groups excluding carboxylic acids is 4. The van der Waals surface area contributed by atoms with E-state index in [9.17, 15) is 29.4 Å². The van der Waals surface area contributed by atoms with Crippen LogP contribution in [-0.2, 0) is 0 Å². The van der Waals surface area contributed by atoms with E-state index < -0.39 is 23.5 Å². The topological polar surface area (TPSA) is 173 Å². The highest BCUT2D eigenvalue weighted by molar-refractivity contribution is 6.30. The van der Waals surface area contributed by atoms with Crippen LogP contribution in [0.15, 0.2) is 30.5 Å². The molecular weight excluding hydrogens is 544 g/mol. The maximum absolute atomic E-state index is 12.1. The predicted molar refractivity (Wildman–Crippen MR) is 140 cm³/mol. The summed E-state index contributed by atoms with van der Waals surface area (Å²) in [6, 6.07) is 4.36. The monoisotopic (exact) mass is 574 g/mol. The molecular formula is C25H31ClN8O6. The highest BCUT2D eigenvalue weighted by atomic mass is 35.5. The van der Waals surface area contributed by atoms with Gasteiger partial charge >= 0.3 is 12.1 Å². The van der Waals surface area contributed by atoms with Crippen molar-refractivity contribution in [3.8, 4) is 0 Å². The van der Waals surface area contributed by atoms with E-state index in [1.165, 1.54) is 9.80 Å². The smallest absolute Gasteiger partial charge is 0.319 e.